The molecule has 0 N–H and O–H groups in total. The zero-order valence-electron chi connectivity index (χ0n) is 12.0. The first-order valence-electron chi connectivity index (χ1n) is 6.56. The predicted molar refractivity (Wildman–Crippen MR) is 85.4 cm³/mol. The van der Waals surface area contributed by atoms with Crippen molar-refractivity contribution in [3.8, 4) is 17.6 Å². The lowest BCUT2D eigenvalue weighted by Gasteiger charge is -1.97. The summed E-state index contributed by atoms with van der Waals surface area (Å²) in [6.07, 6.45) is 1.58. The van der Waals surface area contributed by atoms with Crippen molar-refractivity contribution in [1.29, 1.82) is 0 Å². The first-order chi connectivity index (χ1) is 10.7. The van der Waals surface area contributed by atoms with Crippen LogP contribution < -0.4 is 4.74 Å². The minimum absolute atomic E-state index is 0.0493. The Labute approximate surface area is 128 Å². The first-order valence-corrected chi connectivity index (χ1v) is 6.56. The van der Waals surface area contributed by atoms with Crippen molar-refractivity contribution in [3.05, 3.63) is 69.8 Å². The van der Waals surface area contributed by atoms with Gasteiger partial charge in [-0.3, -0.25) is 15.1 Å². The maximum atomic E-state index is 10.7. The van der Waals surface area contributed by atoms with Crippen LogP contribution in [0, 0.1) is 22.0 Å². The van der Waals surface area contributed by atoms with Crippen molar-refractivity contribution in [2.24, 2.45) is 4.99 Å². The van der Waals surface area contributed by atoms with E-state index in [1.165, 1.54) is 12.1 Å². The van der Waals surface area contributed by atoms with E-state index in [4.69, 9.17) is 4.74 Å². The Bertz CT molecular complexity index is 740. The summed E-state index contributed by atoms with van der Waals surface area (Å²) in [5.74, 6) is 6.69. The van der Waals surface area contributed by atoms with Gasteiger partial charge < -0.3 is 4.74 Å². The molecule has 5 heteroatoms. The number of non-ortho nitro benzene ring substituents is 1. The third kappa shape index (κ3) is 4.46. The van der Waals surface area contributed by atoms with Gasteiger partial charge in [-0.05, 0) is 29.8 Å². The Morgan fingerprint density at radius 2 is 2.05 bits per heavy atom. The average Bonchev–Trinajstić information content (AvgIpc) is 2.55. The van der Waals surface area contributed by atoms with Crippen molar-refractivity contribution in [1.82, 2.24) is 0 Å². The van der Waals surface area contributed by atoms with Crippen molar-refractivity contribution >= 4 is 11.9 Å². The van der Waals surface area contributed by atoms with E-state index in [2.05, 4.69) is 16.8 Å². The van der Waals surface area contributed by atoms with Gasteiger partial charge in [0.2, 0.25) is 0 Å². The van der Waals surface area contributed by atoms with E-state index in [9.17, 15) is 10.1 Å². The van der Waals surface area contributed by atoms with Gasteiger partial charge in [0.05, 0.1) is 12.0 Å². The van der Waals surface area contributed by atoms with Crippen molar-refractivity contribution in [3.63, 3.8) is 0 Å². The molecule has 110 valence electrons. The molecule has 0 atom stereocenters. The molecule has 2 aromatic rings. The highest BCUT2D eigenvalue weighted by molar-refractivity contribution is 5.80. The number of hydrogen-bond donors (Lipinski definition) is 0. The van der Waals surface area contributed by atoms with Crippen LogP contribution in [0.1, 0.15) is 11.1 Å². The number of methoxy groups -OCH3 is 1. The van der Waals surface area contributed by atoms with Gasteiger partial charge in [0.25, 0.3) is 5.69 Å². The molecular formula is C17H14N2O3. The molecule has 0 bridgehead atoms. The summed E-state index contributed by atoms with van der Waals surface area (Å²) in [6, 6.07) is 13.7. The van der Waals surface area contributed by atoms with E-state index in [0.717, 1.165) is 11.3 Å². The molecule has 0 aliphatic heterocycles. The summed E-state index contributed by atoms with van der Waals surface area (Å²) >= 11 is 0. The Morgan fingerprint density at radius 1 is 1.27 bits per heavy atom. The smallest absolute Gasteiger partial charge is 0.270 e. The number of ether oxygens (including phenoxy) is 1. The summed E-state index contributed by atoms with van der Waals surface area (Å²) in [4.78, 5) is 14.4. The summed E-state index contributed by atoms with van der Waals surface area (Å²) in [6.45, 7) is 0.328. The Morgan fingerprint density at radius 3 is 2.73 bits per heavy atom. The second-order valence-electron chi connectivity index (χ2n) is 4.35. The first kappa shape index (κ1) is 15.3. The standard InChI is InChI=1S/C17H14N2O3/c1-22-17-9-7-14(8-10-17)5-3-11-18-13-15-4-2-6-16(12-15)19(20)21/h2,4,6-10,12-13H,11H2,1H3. The number of hydrogen-bond acceptors (Lipinski definition) is 4. The van der Waals surface area contributed by atoms with Crippen molar-refractivity contribution in [2.45, 2.75) is 0 Å². The summed E-state index contributed by atoms with van der Waals surface area (Å²) < 4.78 is 5.07. The Kier molecular flexibility index (Phi) is 5.27. The molecule has 0 spiro atoms. The van der Waals surface area contributed by atoms with Gasteiger partial charge in [-0.1, -0.05) is 24.0 Å². The van der Waals surface area contributed by atoms with Crippen LogP contribution in [-0.2, 0) is 0 Å². The summed E-state index contributed by atoms with van der Waals surface area (Å²) in [5, 5.41) is 10.7. The van der Waals surface area contributed by atoms with Crippen LogP contribution in [0.15, 0.2) is 53.5 Å². The van der Waals surface area contributed by atoms with E-state index >= 15 is 0 Å². The number of benzene rings is 2. The number of nitrogens with zero attached hydrogens (tertiary/aromatic N) is 2. The molecule has 0 saturated carbocycles. The van der Waals surface area contributed by atoms with Crippen LogP contribution in [0.25, 0.3) is 0 Å². The van der Waals surface area contributed by atoms with Crippen LogP contribution in [0.2, 0.25) is 0 Å². The molecule has 2 aromatic carbocycles. The Balaban J connectivity index is 1.94. The molecule has 0 aromatic heterocycles. The molecule has 0 aliphatic carbocycles. The highest BCUT2D eigenvalue weighted by atomic mass is 16.6. The summed E-state index contributed by atoms with van der Waals surface area (Å²) in [5.41, 5.74) is 1.61. The van der Waals surface area contributed by atoms with E-state index < -0.39 is 4.92 Å². The van der Waals surface area contributed by atoms with Crippen LogP contribution in [0.3, 0.4) is 0 Å². The minimum Gasteiger partial charge on any atom is -0.497 e. The quantitative estimate of drug-likeness (QED) is 0.377. The van der Waals surface area contributed by atoms with E-state index in [0.29, 0.717) is 12.1 Å². The molecule has 22 heavy (non-hydrogen) atoms. The van der Waals surface area contributed by atoms with Crippen molar-refractivity contribution in [2.75, 3.05) is 13.7 Å². The number of rotatable bonds is 4. The molecule has 5 nitrogen and oxygen atoms in total. The van der Waals surface area contributed by atoms with Gasteiger partial charge in [-0.15, -0.1) is 0 Å². The van der Waals surface area contributed by atoms with E-state index in [1.807, 2.05) is 24.3 Å². The van der Waals surface area contributed by atoms with Gasteiger partial charge in [-0.2, -0.15) is 0 Å². The van der Waals surface area contributed by atoms with Crippen LogP contribution in [-0.4, -0.2) is 24.8 Å². The topological polar surface area (TPSA) is 64.7 Å². The van der Waals surface area contributed by atoms with Crippen LogP contribution >= 0.6 is 0 Å². The normalized spacial score (nSPS) is 10.0. The second kappa shape index (κ2) is 7.60. The average molecular weight is 294 g/mol. The molecule has 0 fully saturated rings. The van der Waals surface area contributed by atoms with E-state index in [-0.39, 0.29) is 5.69 Å². The minimum atomic E-state index is -0.430. The molecular weight excluding hydrogens is 280 g/mol. The fourth-order valence-corrected chi connectivity index (χ4v) is 1.73. The highest BCUT2D eigenvalue weighted by Crippen LogP contribution is 2.11. The largest absolute Gasteiger partial charge is 0.497 e. The molecule has 0 radical (unpaired) electrons. The molecule has 0 unspecified atom stereocenters. The van der Waals surface area contributed by atoms with Gasteiger partial charge in [0, 0.05) is 23.9 Å². The molecule has 0 saturated heterocycles. The molecule has 2 rings (SSSR count). The fraction of sp³-hybridized carbons (Fsp3) is 0.118. The molecule has 0 heterocycles. The Hall–Kier alpha value is -3.13. The number of nitro groups is 1. The third-order valence-corrected chi connectivity index (χ3v) is 2.81. The van der Waals surface area contributed by atoms with Crippen molar-refractivity contribution < 1.29 is 9.66 Å². The predicted octanol–water partition coefficient (Wildman–Crippen LogP) is 3.07. The lowest BCUT2D eigenvalue weighted by atomic mass is 10.2. The highest BCUT2D eigenvalue weighted by Gasteiger charge is 2.03. The number of aliphatic imine (C=N–C) groups is 1. The van der Waals surface area contributed by atoms with E-state index in [1.54, 1.807) is 25.5 Å². The number of nitro benzene ring substituents is 1. The van der Waals surface area contributed by atoms with Gasteiger partial charge in [-0.25, -0.2) is 0 Å². The maximum absolute atomic E-state index is 10.7. The van der Waals surface area contributed by atoms with Gasteiger partial charge in [0.15, 0.2) is 0 Å². The SMILES string of the molecule is COc1ccc(C#CCN=Cc2cccc([N+](=O)[O-])c2)cc1. The summed E-state index contributed by atoms with van der Waals surface area (Å²) in [7, 11) is 1.61. The zero-order chi connectivity index (χ0) is 15.8. The lowest BCUT2D eigenvalue weighted by Crippen LogP contribution is -1.89. The second-order valence-corrected chi connectivity index (χ2v) is 4.35. The molecule has 0 aliphatic rings. The monoisotopic (exact) mass is 294 g/mol. The fourth-order valence-electron chi connectivity index (χ4n) is 1.73. The van der Waals surface area contributed by atoms with Crippen LogP contribution in [0.5, 0.6) is 5.75 Å². The third-order valence-electron chi connectivity index (χ3n) is 2.81. The zero-order valence-corrected chi connectivity index (χ0v) is 12.0. The van der Waals surface area contributed by atoms with Gasteiger partial charge in [0.1, 0.15) is 12.3 Å². The molecule has 0 amide bonds. The lowest BCUT2D eigenvalue weighted by molar-refractivity contribution is -0.384. The maximum Gasteiger partial charge on any atom is 0.270 e. The van der Waals surface area contributed by atoms with Crippen LogP contribution in [0.4, 0.5) is 5.69 Å². The van der Waals surface area contributed by atoms with Gasteiger partial charge >= 0.3 is 0 Å².